The molecule has 0 amide bonds. The topological polar surface area (TPSA) is 37.8 Å². The first-order valence-corrected chi connectivity index (χ1v) is 7.55. The van der Waals surface area contributed by atoms with Crippen LogP contribution in [0.2, 0.25) is 0 Å². The molecule has 2 atom stereocenters. The van der Waals surface area contributed by atoms with Gasteiger partial charge in [-0.15, -0.1) is 0 Å². The second-order valence-corrected chi connectivity index (χ2v) is 5.87. The molecule has 1 aliphatic rings. The maximum atomic E-state index is 4.76. The summed E-state index contributed by atoms with van der Waals surface area (Å²) in [4.78, 5) is 9.45. The lowest BCUT2D eigenvalue weighted by molar-refractivity contribution is 0.793. The Morgan fingerprint density at radius 2 is 2.06 bits per heavy atom. The lowest BCUT2D eigenvalue weighted by atomic mass is 10.2. The highest BCUT2D eigenvalue weighted by Crippen LogP contribution is 2.46. The number of hydrogen-bond donors (Lipinski definition) is 1. The van der Waals surface area contributed by atoms with Gasteiger partial charge in [0, 0.05) is 12.5 Å². The zero-order valence-electron chi connectivity index (χ0n) is 10.8. The van der Waals surface area contributed by atoms with E-state index < -0.39 is 0 Å². The first-order chi connectivity index (χ1) is 8.17. The highest BCUT2D eigenvalue weighted by Gasteiger charge is 2.37. The molecule has 1 N–H and O–H groups in total. The van der Waals surface area contributed by atoms with Gasteiger partial charge < -0.3 is 5.32 Å². The van der Waals surface area contributed by atoms with Crippen molar-refractivity contribution in [3.05, 3.63) is 15.1 Å². The van der Waals surface area contributed by atoms with Crippen molar-refractivity contribution in [3.63, 3.8) is 0 Å². The summed E-state index contributed by atoms with van der Waals surface area (Å²) < 4.78 is 1.20. The van der Waals surface area contributed by atoms with Gasteiger partial charge in [-0.25, -0.2) is 9.97 Å². The van der Waals surface area contributed by atoms with Crippen LogP contribution in [0.15, 0.2) is 0 Å². The Morgan fingerprint density at radius 3 is 2.59 bits per heavy atom. The van der Waals surface area contributed by atoms with E-state index in [2.05, 4.69) is 53.7 Å². The maximum Gasteiger partial charge on any atom is 0.143 e. The molecule has 2 rings (SSSR count). The monoisotopic (exact) mass is 345 g/mol. The smallest absolute Gasteiger partial charge is 0.143 e. The Kier molecular flexibility index (Phi) is 4.22. The molecule has 1 fully saturated rings. The minimum atomic E-state index is 0.597. The van der Waals surface area contributed by atoms with Crippen LogP contribution in [0.4, 0.5) is 5.82 Å². The third kappa shape index (κ3) is 2.89. The van der Waals surface area contributed by atoms with Crippen LogP contribution in [-0.4, -0.2) is 16.5 Å². The van der Waals surface area contributed by atoms with Crippen LogP contribution in [0.1, 0.15) is 51.0 Å². The minimum Gasteiger partial charge on any atom is -0.369 e. The molecule has 3 nitrogen and oxygen atoms in total. The SMILES string of the molecule is CCCc1nc(C2CC2C)nc(NCC)c1I. The zero-order valence-corrected chi connectivity index (χ0v) is 12.9. The second-order valence-electron chi connectivity index (χ2n) is 4.79. The summed E-state index contributed by atoms with van der Waals surface area (Å²) in [7, 11) is 0. The van der Waals surface area contributed by atoms with E-state index in [1.54, 1.807) is 0 Å². The van der Waals surface area contributed by atoms with Crippen molar-refractivity contribution >= 4 is 28.4 Å². The summed E-state index contributed by atoms with van der Waals surface area (Å²) in [6, 6.07) is 0. The number of anilines is 1. The van der Waals surface area contributed by atoms with E-state index in [-0.39, 0.29) is 0 Å². The fourth-order valence-electron chi connectivity index (χ4n) is 2.05. The molecule has 1 saturated carbocycles. The van der Waals surface area contributed by atoms with Gasteiger partial charge in [0.1, 0.15) is 11.6 Å². The zero-order chi connectivity index (χ0) is 12.4. The van der Waals surface area contributed by atoms with Gasteiger partial charge in [-0.05, 0) is 48.3 Å². The number of halogens is 1. The molecular weight excluding hydrogens is 325 g/mol. The van der Waals surface area contributed by atoms with Crippen molar-refractivity contribution in [3.8, 4) is 0 Å². The van der Waals surface area contributed by atoms with Gasteiger partial charge in [0.25, 0.3) is 0 Å². The summed E-state index contributed by atoms with van der Waals surface area (Å²) in [5, 5.41) is 3.35. The maximum absolute atomic E-state index is 4.76. The van der Waals surface area contributed by atoms with Crippen LogP contribution in [0.25, 0.3) is 0 Å². The normalized spacial score (nSPS) is 22.6. The number of nitrogens with zero attached hydrogens (tertiary/aromatic N) is 2. The summed E-state index contributed by atoms with van der Waals surface area (Å²) in [6.07, 6.45) is 3.43. The van der Waals surface area contributed by atoms with Crippen molar-refractivity contribution in [2.75, 3.05) is 11.9 Å². The van der Waals surface area contributed by atoms with Crippen molar-refractivity contribution in [2.24, 2.45) is 5.92 Å². The second kappa shape index (κ2) is 5.50. The van der Waals surface area contributed by atoms with E-state index >= 15 is 0 Å². The molecular formula is C13H20IN3. The summed E-state index contributed by atoms with van der Waals surface area (Å²) in [5.74, 6) is 3.44. The lowest BCUT2D eigenvalue weighted by Gasteiger charge is -2.11. The molecule has 2 unspecified atom stereocenters. The quantitative estimate of drug-likeness (QED) is 0.829. The minimum absolute atomic E-state index is 0.597. The third-order valence-electron chi connectivity index (χ3n) is 3.21. The number of aromatic nitrogens is 2. The molecule has 0 bridgehead atoms. The van der Waals surface area contributed by atoms with Gasteiger partial charge in [0.15, 0.2) is 0 Å². The summed E-state index contributed by atoms with van der Waals surface area (Å²) in [5.41, 5.74) is 1.22. The average Bonchev–Trinajstić information content (AvgIpc) is 3.02. The molecule has 0 aliphatic heterocycles. The predicted octanol–water partition coefficient (Wildman–Crippen LogP) is 3.59. The predicted molar refractivity (Wildman–Crippen MR) is 79.4 cm³/mol. The molecule has 0 spiro atoms. The molecule has 0 radical (unpaired) electrons. The van der Waals surface area contributed by atoms with Crippen LogP contribution in [0.5, 0.6) is 0 Å². The lowest BCUT2D eigenvalue weighted by Crippen LogP contribution is -2.09. The van der Waals surface area contributed by atoms with Crippen LogP contribution in [0, 0.1) is 9.49 Å². The van der Waals surface area contributed by atoms with Crippen LogP contribution >= 0.6 is 22.6 Å². The van der Waals surface area contributed by atoms with Crippen molar-refractivity contribution in [2.45, 2.75) is 46.0 Å². The number of rotatable bonds is 5. The Balaban J connectivity index is 2.33. The van der Waals surface area contributed by atoms with Gasteiger partial charge in [-0.1, -0.05) is 20.3 Å². The largest absolute Gasteiger partial charge is 0.369 e. The van der Waals surface area contributed by atoms with Crippen LogP contribution < -0.4 is 5.32 Å². The molecule has 1 aromatic rings. The van der Waals surface area contributed by atoms with Crippen molar-refractivity contribution in [1.29, 1.82) is 0 Å². The Morgan fingerprint density at radius 1 is 1.35 bits per heavy atom. The number of nitrogens with one attached hydrogen (secondary N) is 1. The molecule has 1 aromatic heterocycles. The van der Waals surface area contributed by atoms with Gasteiger partial charge in [-0.2, -0.15) is 0 Å². The Hall–Kier alpha value is -0.390. The average molecular weight is 345 g/mol. The van der Waals surface area contributed by atoms with Crippen LogP contribution in [0.3, 0.4) is 0 Å². The molecule has 94 valence electrons. The molecule has 4 heteroatoms. The van der Waals surface area contributed by atoms with Gasteiger partial charge in [0.2, 0.25) is 0 Å². The highest BCUT2D eigenvalue weighted by atomic mass is 127. The fraction of sp³-hybridized carbons (Fsp3) is 0.692. The molecule has 1 heterocycles. The van der Waals surface area contributed by atoms with E-state index in [0.717, 1.165) is 36.9 Å². The Bertz CT molecular complexity index is 379. The fourth-order valence-corrected chi connectivity index (χ4v) is 2.75. The van der Waals surface area contributed by atoms with Gasteiger partial charge >= 0.3 is 0 Å². The molecule has 1 aliphatic carbocycles. The number of aryl methyl sites for hydroxylation is 1. The van der Waals surface area contributed by atoms with E-state index in [4.69, 9.17) is 4.98 Å². The van der Waals surface area contributed by atoms with Crippen LogP contribution in [-0.2, 0) is 6.42 Å². The van der Waals surface area contributed by atoms with E-state index in [1.807, 2.05) is 0 Å². The van der Waals surface area contributed by atoms with Crippen molar-refractivity contribution in [1.82, 2.24) is 9.97 Å². The van der Waals surface area contributed by atoms with Crippen molar-refractivity contribution < 1.29 is 0 Å². The van der Waals surface area contributed by atoms with E-state index in [0.29, 0.717) is 5.92 Å². The molecule has 0 saturated heterocycles. The first-order valence-electron chi connectivity index (χ1n) is 6.47. The summed E-state index contributed by atoms with van der Waals surface area (Å²) >= 11 is 2.37. The summed E-state index contributed by atoms with van der Waals surface area (Å²) in [6.45, 7) is 7.50. The third-order valence-corrected chi connectivity index (χ3v) is 4.34. The van der Waals surface area contributed by atoms with E-state index in [1.165, 1.54) is 15.7 Å². The Labute approximate surface area is 117 Å². The highest BCUT2D eigenvalue weighted by molar-refractivity contribution is 14.1. The number of hydrogen-bond acceptors (Lipinski definition) is 3. The molecule has 0 aromatic carbocycles. The molecule has 17 heavy (non-hydrogen) atoms. The van der Waals surface area contributed by atoms with Gasteiger partial charge in [0.05, 0.1) is 9.26 Å². The first kappa shape index (κ1) is 13.1. The standard InChI is InChI=1S/C13H20IN3/c1-4-6-10-11(14)13(15-5-2)17-12(16-10)9-7-8(9)3/h8-9H,4-7H2,1-3H3,(H,15,16,17). The van der Waals surface area contributed by atoms with Gasteiger partial charge in [-0.3, -0.25) is 0 Å². The van der Waals surface area contributed by atoms with E-state index in [9.17, 15) is 0 Å².